The minimum Gasteiger partial charge on any atom is -0.481 e. The van der Waals surface area contributed by atoms with Crippen LogP contribution in [0.25, 0.3) is 0 Å². The maximum Gasteiger partial charge on any atom is 0.305 e. The monoisotopic (exact) mass is 279 g/mol. The van der Waals surface area contributed by atoms with E-state index in [0.717, 1.165) is 11.3 Å². The van der Waals surface area contributed by atoms with Crippen LogP contribution in [0.2, 0.25) is 0 Å². The van der Waals surface area contributed by atoms with Gasteiger partial charge in [0.15, 0.2) is 0 Å². The molecule has 0 radical (unpaired) electrons. The summed E-state index contributed by atoms with van der Waals surface area (Å²) in [6.45, 7) is 8.53. The van der Waals surface area contributed by atoms with Crippen molar-refractivity contribution in [3.05, 3.63) is 29.8 Å². The molecule has 20 heavy (non-hydrogen) atoms. The quantitative estimate of drug-likeness (QED) is 0.805. The molecule has 0 fully saturated rings. The van der Waals surface area contributed by atoms with Gasteiger partial charge in [-0.15, -0.1) is 0 Å². The molecule has 0 heterocycles. The van der Waals surface area contributed by atoms with Gasteiger partial charge in [0.25, 0.3) is 0 Å². The summed E-state index contributed by atoms with van der Waals surface area (Å²) in [7, 11) is 0. The zero-order chi connectivity index (χ0) is 15.3. The van der Waals surface area contributed by atoms with Gasteiger partial charge in [0.1, 0.15) is 0 Å². The first-order chi connectivity index (χ1) is 9.22. The number of rotatable bonds is 7. The Bertz CT molecular complexity index is 438. The molecule has 1 unspecified atom stereocenters. The molecule has 0 saturated carbocycles. The fourth-order valence-electron chi connectivity index (χ4n) is 1.85. The zero-order valence-electron chi connectivity index (χ0n) is 12.8. The van der Waals surface area contributed by atoms with Crippen molar-refractivity contribution in [1.29, 1.82) is 0 Å². The molecule has 1 aromatic rings. The molecule has 4 nitrogen and oxygen atoms in total. The van der Waals surface area contributed by atoms with Crippen LogP contribution in [0.3, 0.4) is 0 Å². The molecule has 0 spiro atoms. The summed E-state index contributed by atoms with van der Waals surface area (Å²) in [5, 5.41) is 19.3. The number of benzene rings is 1. The van der Waals surface area contributed by atoms with Crippen molar-refractivity contribution >= 4 is 11.7 Å². The molecule has 112 valence electrons. The van der Waals surface area contributed by atoms with Crippen molar-refractivity contribution in [2.24, 2.45) is 5.92 Å². The summed E-state index contributed by atoms with van der Waals surface area (Å²) < 4.78 is 0. The maximum absolute atomic E-state index is 10.8. The molecular formula is C16H25NO3. The first-order valence-corrected chi connectivity index (χ1v) is 6.98. The van der Waals surface area contributed by atoms with Gasteiger partial charge in [-0.2, -0.15) is 0 Å². The Balaban J connectivity index is 2.90. The van der Waals surface area contributed by atoms with E-state index in [2.05, 4.69) is 0 Å². The lowest BCUT2D eigenvalue weighted by Crippen LogP contribution is -2.45. The molecule has 1 atom stereocenters. The number of carboxylic acids is 1. The standard InChI is InChI=1S/C16H25NO3/c1-12(2)16(4,20)11-17(10-9-15(18)19)14-7-5-13(3)6-8-14/h5-8,12,20H,9-11H2,1-4H3,(H,18,19). The van der Waals surface area contributed by atoms with Crippen molar-refractivity contribution in [2.45, 2.75) is 39.7 Å². The lowest BCUT2D eigenvalue weighted by molar-refractivity contribution is -0.136. The van der Waals surface area contributed by atoms with Crippen molar-refractivity contribution < 1.29 is 15.0 Å². The van der Waals surface area contributed by atoms with Gasteiger partial charge in [0, 0.05) is 18.8 Å². The Hall–Kier alpha value is -1.55. The summed E-state index contributed by atoms with van der Waals surface area (Å²) in [5.41, 5.74) is 1.24. The fraction of sp³-hybridized carbons (Fsp3) is 0.562. The van der Waals surface area contributed by atoms with Crippen molar-refractivity contribution in [3.8, 4) is 0 Å². The Morgan fingerprint density at radius 3 is 2.30 bits per heavy atom. The van der Waals surface area contributed by atoms with Crippen LogP contribution in [0, 0.1) is 12.8 Å². The van der Waals surface area contributed by atoms with E-state index < -0.39 is 11.6 Å². The van der Waals surface area contributed by atoms with Gasteiger partial charge in [0.05, 0.1) is 12.0 Å². The summed E-state index contributed by atoms with van der Waals surface area (Å²) >= 11 is 0. The Morgan fingerprint density at radius 1 is 1.30 bits per heavy atom. The third kappa shape index (κ3) is 4.85. The highest BCUT2D eigenvalue weighted by atomic mass is 16.4. The van der Waals surface area contributed by atoms with Crippen LogP contribution in [0.1, 0.15) is 32.8 Å². The highest BCUT2D eigenvalue weighted by Crippen LogP contribution is 2.23. The predicted molar refractivity (Wildman–Crippen MR) is 81.1 cm³/mol. The minimum absolute atomic E-state index is 0.0576. The average molecular weight is 279 g/mol. The Labute approximate surface area is 121 Å². The molecule has 1 aromatic carbocycles. The van der Waals surface area contributed by atoms with E-state index in [9.17, 15) is 9.90 Å². The highest BCUT2D eigenvalue weighted by molar-refractivity contribution is 5.67. The topological polar surface area (TPSA) is 60.8 Å². The molecule has 0 aliphatic carbocycles. The van der Waals surface area contributed by atoms with Crippen molar-refractivity contribution in [3.63, 3.8) is 0 Å². The van der Waals surface area contributed by atoms with E-state index in [1.165, 1.54) is 0 Å². The average Bonchev–Trinajstić information content (AvgIpc) is 2.35. The van der Waals surface area contributed by atoms with Crippen LogP contribution in [0.4, 0.5) is 5.69 Å². The van der Waals surface area contributed by atoms with Crippen molar-refractivity contribution in [2.75, 3.05) is 18.0 Å². The normalized spacial score (nSPS) is 14.1. The Kier molecular flexibility index (Phi) is 5.57. The van der Waals surface area contributed by atoms with Crippen LogP contribution < -0.4 is 4.90 Å². The van der Waals surface area contributed by atoms with Gasteiger partial charge in [-0.1, -0.05) is 31.5 Å². The van der Waals surface area contributed by atoms with Gasteiger partial charge >= 0.3 is 5.97 Å². The fourth-order valence-corrected chi connectivity index (χ4v) is 1.85. The molecule has 0 saturated heterocycles. The molecule has 4 heteroatoms. The molecule has 0 bridgehead atoms. The number of carbonyl (C=O) groups is 1. The molecule has 2 N–H and O–H groups in total. The number of aryl methyl sites for hydroxylation is 1. The second-order valence-electron chi connectivity index (χ2n) is 5.91. The number of nitrogens with zero attached hydrogens (tertiary/aromatic N) is 1. The molecule has 0 aliphatic rings. The smallest absolute Gasteiger partial charge is 0.305 e. The van der Waals surface area contributed by atoms with Crippen LogP contribution >= 0.6 is 0 Å². The summed E-state index contributed by atoms with van der Waals surface area (Å²) in [6, 6.07) is 7.92. The van der Waals surface area contributed by atoms with E-state index in [1.807, 2.05) is 49.9 Å². The first-order valence-electron chi connectivity index (χ1n) is 6.98. The number of aliphatic hydroxyl groups is 1. The lowest BCUT2D eigenvalue weighted by atomic mass is 9.91. The van der Waals surface area contributed by atoms with Gasteiger partial charge in [-0.3, -0.25) is 4.79 Å². The predicted octanol–water partition coefficient (Wildman–Crippen LogP) is 2.68. The highest BCUT2D eigenvalue weighted by Gasteiger charge is 2.28. The number of anilines is 1. The minimum atomic E-state index is -0.858. The van der Waals surface area contributed by atoms with Crippen molar-refractivity contribution in [1.82, 2.24) is 0 Å². The third-order valence-electron chi connectivity index (χ3n) is 3.75. The van der Waals surface area contributed by atoms with Crippen LogP contribution in [-0.2, 0) is 4.79 Å². The second-order valence-corrected chi connectivity index (χ2v) is 5.91. The van der Waals surface area contributed by atoms with Crippen LogP contribution in [0.5, 0.6) is 0 Å². The molecule has 0 aliphatic heterocycles. The zero-order valence-corrected chi connectivity index (χ0v) is 12.8. The number of carboxylic acid groups (broad SMARTS) is 1. The SMILES string of the molecule is Cc1ccc(N(CCC(=O)O)CC(C)(O)C(C)C)cc1. The summed E-state index contributed by atoms with van der Waals surface area (Å²) in [5.74, 6) is -0.730. The summed E-state index contributed by atoms with van der Waals surface area (Å²) in [6.07, 6.45) is 0.0576. The molecule has 1 rings (SSSR count). The molecule has 0 amide bonds. The number of hydrogen-bond donors (Lipinski definition) is 2. The van der Waals surface area contributed by atoms with E-state index in [1.54, 1.807) is 6.92 Å². The van der Waals surface area contributed by atoms with Gasteiger partial charge in [-0.05, 0) is 31.9 Å². The maximum atomic E-state index is 10.8. The van der Waals surface area contributed by atoms with Gasteiger partial charge < -0.3 is 15.1 Å². The first kappa shape index (κ1) is 16.5. The lowest BCUT2D eigenvalue weighted by Gasteiger charge is -2.35. The van der Waals surface area contributed by atoms with E-state index in [4.69, 9.17) is 5.11 Å². The number of aliphatic carboxylic acids is 1. The van der Waals surface area contributed by atoms with E-state index in [0.29, 0.717) is 13.1 Å². The Morgan fingerprint density at radius 2 is 1.85 bits per heavy atom. The van der Waals surface area contributed by atoms with Gasteiger partial charge in [-0.25, -0.2) is 0 Å². The van der Waals surface area contributed by atoms with Crippen LogP contribution in [-0.4, -0.2) is 34.9 Å². The van der Waals surface area contributed by atoms with Crippen LogP contribution in [0.15, 0.2) is 24.3 Å². The summed E-state index contributed by atoms with van der Waals surface area (Å²) in [4.78, 5) is 12.7. The second kappa shape index (κ2) is 6.75. The van der Waals surface area contributed by atoms with E-state index in [-0.39, 0.29) is 12.3 Å². The third-order valence-corrected chi connectivity index (χ3v) is 3.75. The van der Waals surface area contributed by atoms with E-state index >= 15 is 0 Å². The largest absolute Gasteiger partial charge is 0.481 e. The molecule has 0 aromatic heterocycles. The molecular weight excluding hydrogens is 254 g/mol. The van der Waals surface area contributed by atoms with Gasteiger partial charge in [0.2, 0.25) is 0 Å². The number of hydrogen-bond acceptors (Lipinski definition) is 3.